The number of amides is 1. The lowest BCUT2D eigenvalue weighted by Gasteiger charge is -2.05. The fourth-order valence-corrected chi connectivity index (χ4v) is 2.32. The van der Waals surface area contributed by atoms with Gasteiger partial charge < -0.3 is 16.4 Å². The molecule has 0 saturated heterocycles. The van der Waals surface area contributed by atoms with Crippen LogP contribution in [0.1, 0.15) is 9.67 Å². The van der Waals surface area contributed by atoms with Crippen molar-refractivity contribution in [1.82, 2.24) is 4.98 Å². The smallest absolute Gasteiger partial charge is 0.269 e. The molecular weight excluding hydrogens is 291 g/mol. The monoisotopic (exact) mass is 300 g/mol. The van der Waals surface area contributed by atoms with Crippen molar-refractivity contribution in [2.75, 3.05) is 23.4 Å². The van der Waals surface area contributed by atoms with Crippen LogP contribution in [0.3, 0.4) is 0 Å². The number of carbonyl (C=O) groups is 1. The van der Waals surface area contributed by atoms with Crippen molar-refractivity contribution in [3.05, 3.63) is 33.9 Å². The molecule has 19 heavy (non-hydrogen) atoms. The number of carbonyl (C=O) groups excluding carboxylic acids is 1. The Morgan fingerprint density at radius 1 is 1.53 bits per heavy atom. The SMILES string of the molecule is CNc1nc(N)c(C(=O)Nc2ccc(F)cc2Cl)s1. The number of benzene rings is 1. The van der Waals surface area contributed by atoms with Crippen molar-refractivity contribution < 1.29 is 9.18 Å². The number of nitrogen functional groups attached to an aromatic ring is 1. The van der Waals surface area contributed by atoms with Gasteiger partial charge in [0.15, 0.2) is 5.13 Å². The maximum absolute atomic E-state index is 12.9. The number of halogens is 2. The lowest BCUT2D eigenvalue weighted by Crippen LogP contribution is -2.12. The van der Waals surface area contributed by atoms with Crippen LogP contribution in [0.15, 0.2) is 18.2 Å². The highest BCUT2D eigenvalue weighted by molar-refractivity contribution is 7.18. The van der Waals surface area contributed by atoms with Gasteiger partial charge in [0.2, 0.25) is 0 Å². The van der Waals surface area contributed by atoms with Gasteiger partial charge in [0.25, 0.3) is 5.91 Å². The van der Waals surface area contributed by atoms with Gasteiger partial charge in [-0.1, -0.05) is 22.9 Å². The lowest BCUT2D eigenvalue weighted by atomic mass is 10.3. The molecular formula is C11H10ClFN4OS. The molecule has 0 saturated carbocycles. The molecule has 0 radical (unpaired) electrons. The Morgan fingerprint density at radius 3 is 2.84 bits per heavy atom. The molecule has 0 atom stereocenters. The first-order valence-corrected chi connectivity index (χ1v) is 6.41. The van der Waals surface area contributed by atoms with E-state index in [1.807, 2.05) is 0 Å². The highest BCUT2D eigenvalue weighted by atomic mass is 35.5. The van der Waals surface area contributed by atoms with Crippen LogP contribution in [0, 0.1) is 5.82 Å². The number of aromatic nitrogens is 1. The topological polar surface area (TPSA) is 80.0 Å². The molecule has 8 heteroatoms. The fourth-order valence-electron chi connectivity index (χ4n) is 1.37. The number of hydrogen-bond acceptors (Lipinski definition) is 5. The minimum Gasteiger partial charge on any atom is -0.382 e. The molecule has 5 nitrogen and oxygen atoms in total. The van der Waals surface area contributed by atoms with Crippen LogP contribution < -0.4 is 16.4 Å². The normalized spacial score (nSPS) is 10.3. The van der Waals surface area contributed by atoms with Gasteiger partial charge >= 0.3 is 0 Å². The van der Waals surface area contributed by atoms with Crippen molar-refractivity contribution in [2.45, 2.75) is 0 Å². The molecule has 1 amide bonds. The molecule has 100 valence electrons. The van der Waals surface area contributed by atoms with Gasteiger partial charge in [-0.2, -0.15) is 0 Å². The molecule has 0 unspecified atom stereocenters. The number of thiazole rings is 1. The summed E-state index contributed by atoms with van der Waals surface area (Å²) in [7, 11) is 1.68. The standard InChI is InChI=1S/C11H10ClFN4OS/c1-15-11-17-9(14)8(19-11)10(18)16-7-3-2-5(13)4-6(7)12/h2-4H,14H2,1H3,(H,15,17)(H,16,18). The maximum atomic E-state index is 12.9. The third-order valence-corrected chi connectivity index (χ3v) is 3.65. The molecule has 0 aliphatic rings. The molecule has 1 aromatic carbocycles. The predicted octanol–water partition coefficient (Wildman–Crippen LogP) is 2.81. The number of rotatable bonds is 3. The third kappa shape index (κ3) is 2.94. The summed E-state index contributed by atoms with van der Waals surface area (Å²) in [4.78, 5) is 16.2. The van der Waals surface area contributed by atoms with Crippen molar-refractivity contribution in [2.24, 2.45) is 0 Å². The molecule has 1 aromatic heterocycles. The van der Waals surface area contributed by atoms with E-state index >= 15 is 0 Å². The van der Waals surface area contributed by atoms with Crippen LogP contribution in [0.25, 0.3) is 0 Å². The zero-order chi connectivity index (χ0) is 14.0. The lowest BCUT2D eigenvalue weighted by molar-refractivity contribution is 0.103. The van der Waals surface area contributed by atoms with E-state index in [-0.39, 0.29) is 15.7 Å². The summed E-state index contributed by atoms with van der Waals surface area (Å²) in [5.41, 5.74) is 5.95. The van der Waals surface area contributed by atoms with E-state index in [2.05, 4.69) is 15.6 Å². The van der Waals surface area contributed by atoms with Crippen molar-refractivity contribution >= 4 is 45.5 Å². The van der Waals surface area contributed by atoms with Crippen LogP contribution in [-0.4, -0.2) is 17.9 Å². The molecule has 2 aromatic rings. The van der Waals surface area contributed by atoms with Crippen LogP contribution in [0.4, 0.5) is 21.0 Å². The van der Waals surface area contributed by atoms with E-state index in [1.165, 1.54) is 12.1 Å². The average Bonchev–Trinajstić information content (AvgIpc) is 2.74. The number of hydrogen-bond donors (Lipinski definition) is 3. The molecule has 0 fully saturated rings. The second kappa shape index (κ2) is 5.41. The maximum Gasteiger partial charge on any atom is 0.269 e. The summed E-state index contributed by atoms with van der Waals surface area (Å²) in [5, 5.41) is 6.01. The second-order valence-electron chi connectivity index (χ2n) is 3.56. The van der Waals surface area contributed by atoms with Gasteiger partial charge in [0, 0.05) is 7.05 Å². The number of nitrogens with two attached hydrogens (primary N) is 1. The van der Waals surface area contributed by atoms with E-state index in [1.54, 1.807) is 7.05 Å². The van der Waals surface area contributed by atoms with E-state index in [0.29, 0.717) is 10.8 Å². The Labute approximate surface area is 117 Å². The molecule has 2 rings (SSSR count). The minimum atomic E-state index is -0.474. The summed E-state index contributed by atoms with van der Waals surface area (Å²) in [5.74, 6) is -0.784. The number of nitrogens with one attached hydrogen (secondary N) is 2. The van der Waals surface area contributed by atoms with Gasteiger partial charge in [-0.05, 0) is 18.2 Å². The summed E-state index contributed by atoms with van der Waals surface area (Å²) in [6, 6.07) is 3.70. The first-order chi connectivity index (χ1) is 9.01. The Kier molecular flexibility index (Phi) is 3.87. The quantitative estimate of drug-likeness (QED) is 0.814. The Hall–Kier alpha value is -1.86. The number of anilines is 3. The number of nitrogens with zero attached hydrogens (tertiary/aromatic N) is 1. The molecule has 0 spiro atoms. The molecule has 1 heterocycles. The van der Waals surface area contributed by atoms with E-state index in [9.17, 15) is 9.18 Å². The van der Waals surface area contributed by atoms with Crippen LogP contribution >= 0.6 is 22.9 Å². The Balaban J connectivity index is 2.23. The van der Waals surface area contributed by atoms with Crippen molar-refractivity contribution in [1.29, 1.82) is 0 Å². The highest BCUT2D eigenvalue weighted by Crippen LogP contribution is 2.27. The molecule has 4 N–H and O–H groups in total. The van der Waals surface area contributed by atoms with Crippen LogP contribution in [0.2, 0.25) is 5.02 Å². The summed E-state index contributed by atoms with van der Waals surface area (Å²) < 4.78 is 12.9. The zero-order valence-corrected chi connectivity index (χ0v) is 11.4. The molecule has 0 bridgehead atoms. The summed E-state index contributed by atoms with van der Waals surface area (Å²) in [6.07, 6.45) is 0. The zero-order valence-electron chi connectivity index (χ0n) is 9.83. The minimum absolute atomic E-state index is 0.116. The summed E-state index contributed by atoms with van der Waals surface area (Å²) >= 11 is 6.94. The summed E-state index contributed by atoms with van der Waals surface area (Å²) in [6.45, 7) is 0. The van der Waals surface area contributed by atoms with E-state index in [0.717, 1.165) is 17.4 Å². The fraction of sp³-hybridized carbons (Fsp3) is 0.0909. The highest BCUT2D eigenvalue weighted by Gasteiger charge is 2.17. The largest absolute Gasteiger partial charge is 0.382 e. The van der Waals surface area contributed by atoms with E-state index < -0.39 is 11.7 Å². The Morgan fingerprint density at radius 2 is 2.26 bits per heavy atom. The molecule has 0 aliphatic heterocycles. The second-order valence-corrected chi connectivity index (χ2v) is 4.97. The average molecular weight is 301 g/mol. The Bertz CT molecular complexity index is 631. The third-order valence-electron chi connectivity index (χ3n) is 2.25. The van der Waals surface area contributed by atoms with Gasteiger partial charge in [-0.15, -0.1) is 0 Å². The van der Waals surface area contributed by atoms with Gasteiger partial charge in [-0.3, -0.25) is 4.79 Å². The molecule has 0 aliphatic carbocycles. The van der Waals surface area contributed by atoms with Crippen molar-refractivity contribution in [3.63, 3.8) is 0 Å². The predicted molar refractivity (Wildman–Crippen MR) is 75.4 cm³/mol. The van der Waals surface area contributed by atoms with E-state index in [4.69, 9.17) is 17.3 Å². The van der Waals surface area contributed by atoms with Gasteiger partial charge in [0.05, 0.1) is 10.7 Å². The first kappa shape index (κ1) is 13.6. The van der Waals surface area contributed by atoms with Crippen LogP contribution in [0.5, 0.6) is 0 Å². The first-order valence-electron chi connectivity index (χ1n) is 5.21. The van der Waals surface area contributed by atoms with Gasteiger partial charge in [-0.25, -0.2) is 9.37 Å². The van der Waals surface area contributed by atoms with Gasteiger partial charge in [0.1, 0.15) is 16.5 Å². The van der Waals surface area contributed by atoms with Crippen molar-refractivity contribution in [3.8, 4) is 0 Å². The van der Waals surface area contributed by atoms with Crippen LogP contribution in [-0.2, 0) is 0 Å².